The van der Waals surface area contributed by atoms with Crippen LogP contribution in [0.4, 0.5) is 18.9 Å². The molecule has 1 saturated carbocycles. The number of amides is 1. The van der Waals surface area contributed by atoms with Crippen molar-refractivity contribution in [3.63, 3.8) is 0 Å². The number of aliphatic hydroxyl groups excluding tert-OH is 1. The molecule has 3 rings (SSSR count). The first kappa shape index (κ1) is 23.1. The molecule has 1 aliphatic carbocycles. The lowest BCUT2D eigenvalue weighted by atomic mass is 9.93. The number of hydrogen-bond donors (Lipinski definition) is 3. The maximum absolute atomic E-state index is 13.2. The van der Waals surface area contributed by atoms with Crippen LogP contribution < -0.4 is 16.6 Å². The molecule has 168 valence electrons. The Morgan fingerprint density at radius 1 is 1.32 bits per heavy atom. The number of nitrogen functional groups attached to an aromatic ring is 1. The molecule has 0 aliphatic heterocycles. The normalized spacial score (nSPS) is 20.3. The quantitative estimate of drug-likeness (QED) is 0.608. The summed E-state index contributed by atoms with van der Waals surface area (Å²) in [5.41, 5.74) is 3.78. The molecule has 1 heterocycles. The van der Waals surface area contributed by atoms with Gasteiger partial charge >= 0.3 is 6.18 Å². The number of alkyl halides is 3. The number of aromatic nitrogens is 2. The van der Waals surface area contributed by atoms with E-state index in [-0.39, 0.29) is 16.9 Å². The van der Waals surface area contributed by atoms with Gasteiger partial charge in [-0.3, -0.25) is 9.59 Å². The summed E-state index contributed by atoms with van der Waals surface area (Å²) in [4.78, 5) is 24.9. The van der Waals surface area contributed by atoms with Crippen molar-refractivity contribution in [1.82, 2.24) is 15.1 Å². The average Bonchev–Trinajstić information content (AvgIpc) is 2.69. The summed E-state index contributed by atoms with van der Waals surface area (Å²) in [7, 11) is 0. The van der Waals surface area contributed by atoms with Gasteiger partial charge in [0, 0.05) is 11.8 Å². The fraction of sp³-hybridized carbons (Fsp3) is 0.450. The fourth-order valence-corrected chi connectivity index (χ4v) is 4.08. The highest BCUT2D eigenvalue weighted by atomic mass is 35.5. The molecule has 2 aromatic rings. The van der Waals surface area contributed by atoms with Crippen molar-refractivity contribution in [1.29, 1.82) is 0 Å². The van der Waals surface area contributed by atoms with E-state index in [1.807, 2.05) is 0 Å². The van der Waals surface area contributed by atoms with Gasteiger partial charge in [-0.05, 0) is 43.5 Å². The van der Waals surface area contributed by atoms with Crippen molar-refractivity contribution in [2.45, 2.75) is 57.0 Å². The topological polar surface area (TPSA) is 110 Å². The Morgan fingerprint density at radius 2 is 2.00 bits per heavy atom. The van der Waals surface area contributed by atoms with Crippen LogP contribution in [0.15, 0.2) is 29.1 Å². The van der Waals surface area contributed by atoms with Crippen molar-refractivity contribution in [2.75, 3.05) is 5.73 Å². The molecule has 1 aromatic carbocycles. The molecule has 1 fully saturated rings. The largest absolute Gasteiger partial charge is 0.417 e. The van der Waals surface area contributed by atoms with E-state index in [2.05, 4.69) is 10.4 Å². The van der Waals surface area contributed by atoms with Crippen LogP contribution in [0.3, 0.4) is 0 Å². The van der Waals surface area contributed by atoms with E-state index in [0.29, 0.717) is 12.8 Å². The number of aliphatic hydroxyl groups is 1. The summed E-state index contributed by atoms with van der Waals surface area (Å²) in [6.45, 7) is 1.46. The first-order valence-electron chi connectivity index (χ1n) is 9.74. The molecule has 7 nitrogen and oxygen atoms in total. The predicted molar refractivity (Wildman–Crippen MR) is 109 cm³/mol. The summed E-state index contributed by atoms with van der Waals surface area (Å²) in [6.07, 6.45) is -2.72. The van der Waals surface area contributed by atoms with Crippen LogP contribution in [0.5, 0.6) is 0 Å². The zero-order valence-corrected chi connectivity index (χ0v) is 17.4. The molecule has 31 heavy (non-hydrogen) atoms. The van der Waals surface area contributed by atoms with E-state index in [1.54, 1.807) is 0 Å². The Kier molecular flexibility index (Phi) is 6.61. The lowest BCUT2D eigenvalue weighted by Crippen LogP contribution is -2.38. The van der Waals surface area contributed by atoms with E-state index in [1.165, 1.54) is 25.1 Å². The average molecular weight is 459 g/mol. The Balaban J connectivity index is 1.86. The molecule has 0 unspecified atom stereocenters. The second-order valence-electron chi connectivity index (χ2n) is 7.59. The van der Waals surface area contributed by atoms with Gasteiger partial charge in [0.2, 0.25) is 0 Å². The molecule has 1 amide bonds. The standard InChI is InChI=1S/C20H22ClF3N4O3/c1-10(12-8-11(25)9-13(18(12)21)20(22,23)24)26-19(31)14-6-7-17(30)28(27-14)15-4-2-3-5-16(15)29/h6-10,15-16,29H,2-5,25H2,1H3,(H,26,31)/t10-,15-,16-/m1/s1. The molecule has 1 aliphatic rings. The van der Waals surface area contributed by atoms with Crippen molar-refractivity contribution in [3.8, 4) is 0 Å². The zero-order chi connectivity index (χ0) is 22.9. The van der Waals surface area contributed by atoms with Crippen molar-refractivity contribution >= 4 is 23.2 Å². The molecular formula is C20H22ClF3N4O3. The molecule has 4 N–H and O–H groups in total. The highest BCUT2D eigenvalue weighted by Gasteiger charge is 2.35. The van der Waals surface area contributed by atoms with E-state index in [4.69, 9.17) is 17.3 Å². The molecule has 0 radical (unpaired) electrons. The van der Waals surface area contributed by atoms with Crippen molar-refractivity contribution in [2.24, 2.45) is 0 Å². The van der Waals surface area contributed by atoms with Gasteiger partial charge in [0.1, 0.15) is 5.69 Å². The van der Waals surface area contributed by atoms with Gasteiger partial charge in [0.05, 0.1) is 28.8 Å². The SMILES string of the molecule is C[C@@H](NC(=O)c1ccc(=O)n([C@@H]2CCCC[C@H]2O)n1)c1cc(N)cc(C(F)(F)F)c1Cl. The smallest absolute Gasteiger partial charge is 0.399 e. The minimum absolute atomic E-state index is 0.00151. The number of nitrogens with zero attached hydrogens (tertiary/aromatic N) is 2. The van der Waals surface area contributed by atoms with Crippen molar-refractivity contribution < 1.29 is 23.1 Å². The number of rotatable bonds is 4. The monoisotopic (exact) mass is 458 g/mol. The summed E-state index contributed by atoms with van der Waals surface area (Å²) in [5, 5.41) is 16.3. The van der Waals surface area contributed by atoms with Crippen LogP contribution in [-0.4, -0.2) is 26.9 Å². The van der Waals surface area contributed by atoms with E-state index < -0.39 is 46.4 Å². The van der Waals surface area contributed by atoms with Gasteiger partial charge in [0.25, 0.3) is 11.5 Å². The highest BCUT2D eigenvalue weighted by molar-refractivity contribution is 6.32. The number of benzene rings is 1. The minimum Gasteiger partial charge on any atom is -0.399 e. The van der Waals surface area contributed by atoms with Crippen LogP contribution in [0.25, 0.3) is 0 Å². The summed E-state index contributed by atoms with van der Waals surface area (Å²) < 4.78 is 40.7. The Labute approximate surface area is 181 Å². The van der Waals surface area contributed by atoms with Crippen LogP contribution in [0.2, 0.25) is 5.02 Å². The Morgan fingerprint density at radius 3 is 2.65 bits per heavy atom. The number of nitrogens with one attached hydrogen (secondary N) is 1. The third-order valence-corrected chi connectivity index (χ3v) is 5.73. The number of carbonyl (C=O) groups excluding carboxylic acids is 1. The van der Waals surface area contributed by atoms with E-state index in [9.17, 15) is 27.9 Å². The number of hydrogen-bond acceptors (Lipinski definition) is 5. The minimum atomic E-state index is -4.71. The molecule has 0 bridgehead atoms. The van der Waals surface area contributed by atoms with Crippen LogP contribution >= 0.6 is 11.6 Å². The number of carbonyl (C=O) groups is 1. The molecular weight excluding hydrogens is 437 g/mol. The van der Waals surface area contributed by atoms with Crippen molar-refractivity contribution in [3.05, 3.63) is 56.5 Å². The molecule has 1 aromatic heterocycles. The predicted octanol–water partition coefficient (Wildman–Crippen LogP) is 3.46. The molecule has 0 saturated heterocycles. The second-order valence-corrected chi connectivity index (χ2v) is 7.96. The molecule has 0 spiro atoms. The number of nitrogens with two attached hydrogens (primary N) is 1. The van der Waals surface area contributed by atoms with E-state index >= 15 is 0 Å². The van der Waals surface area contributed by atoms with Crippen LogP contribution in [0, 0.1) is 0 Å². The van der Waals surface area contributed by atoms with Crippen LogP contribution in [-0.2, 0) is 6.18 Å². The zero-order valence-electron chi connectivity index (χ0n) is 16.6. The molecule has 11 heteroatoms. The summed E-state index contributed by atoms with van der Waals surface area (Å²) >= 11 is 5.94. The van der Waals surface area contributed by atoms with Gasteiger partial charge in [-0.1, -0.05) is 24.4 Å². The first-order valence-corrected chi connectivity index (χ1v) is 10.1. The maximum Gasteiger partial charge on any atom is 0.417 e. The van der Waals surface area contributed by atoms with Crippen LogP contribution in [0.1, 0.15) is 66.3 Å². The van der Waals surface area contributed by atoms with Gasteiger partial charge in [-0.2, -0.15) is 18.3 Å². The van der Waals surface area contributed by atoms with Gasteiger partial charge in [-0.15, -0.1) is 0 Å². The lowest BCUT2D eigenvalue weighted by Gasteiger charge is -2.28. The number of anilines is 1. The Bertz CT molecular complexity index is 1040. The van der Waals surface area contributed by atoms with E-state index in [0.717, 1.165) is 23.6 Å². The highest BCUT2D eigenvalue weighted by Crippen LogP contribution is 2.39. The summed E-state index contributed by atoms with van der Waals surface area (Å²) in [6, 6.07) is 2.92. The first-order chi connectivity index (χ1) is 14.5. The molecule has 3 atom stereocenters. The summed E-state index contributed by atoms with van der Waals surface area (Å²) in [5.74, 6) is -0.710. The van der Waals surface area contributed by atoms with Gasteiger partial charge in [0.15, 0.2) is 0 Å². The van der Waals surface area contributed by atoms with Gasteiger partial charge in [-0.25, -0.2) is 4.68 Å². The number of halogens is 4. The third-order valence-electron chi connectivity index (χ3n) is 5.31. The Hall–Kier alpha value is -2.59. The maximum atomic E-state index is 13.2. The fourth-order valence-electron chi connectivity index (χ4n) is 3.70. The second kappa shape index (κ2) is 8.88. The third kappa shape index (κ3) is 5.01. The van der Waals surface area contributed by atoms with Gasteiger partial charge < -0.3 is 16.2 Å². The lowest BCUT2D eigenvalue weighted by molar-refractivity contribution is -0.137.